The zero-order valence-corrected chi connectivity index (χ0v) is 13.8. The van der Waals surface area contributed by atoms with Gasteiger partial charge in [-0.2, -0.15) is 0 Å². The van der Waals surface area contributed by atoms with E-state index in [9.17, 15) is 9.00 Å². The molecule has 5 nitrogen and oxygen atoms in total. The van der Waals surface area contributed by atoms with Crippen molar-refractivity contribution in [3.8, 4) is 0 Å². The molecule has 0 spiro atoms. The lowest BCUT2D eigenvalue weighted by Crippen LogP contribution is -2.35. The van der Waals surface area contributed by atoms with Gasteiger partial charge in [-0.05, 0) is 31.2 Å². The van der Waals surface area contributed by atoms with Gasteiger partial charge in [0, 0.05) is 12.4 Å². The third-order valence-corrected chi connectivity index (χ3v) is 5.65. The minimum atomic E-state index is -1.29. The number of aromatic nitrogens is 2. The SMILES string of the molecule is CC(C(=O)N1c2ccccc2S(=O)c2ccccc21)n1ccnc1. The van der Waals surface area contributed by atoms with E-state index >= 15 is 0 Å². The first kappa shape index (κ1) is 14.8. The molecule has 0 aliphatic carbocycles. The van der Waals surface area contributed by atoms with E-state index in [1.54, 1.807) is 28.2 Å². The number of fused-ring (bicyclic) bond motifs is 2. The van der Waals surface area contributed by atoms with E-state index < -0.39 is 16.8 Å². The Hall–Kier alpha value is -2.73. The largest absolute Gasteiger partial charge is 0.325 e. The highest BCUT2D eigenvalue weighted by molar-refractivity contribution is 7.85. The van der Waals surface area contributed by atoms with Gasteiger partial charge in [0.2, 0.25) is 0 Å². The monoisotopic (exact) mass is 337 g/mol. The van der Waals surface area contributed by atoms with Crippen LogP contribution in [0.4, 0.5) is 11.4 Å². The Morgan fingerprint density at radius 2 is 1.62 bits per heavy atom. The topological polar surface area (TPSA) is 55.2 Å². The van der Waals surface area contributed by atoms with Crippen molar-refractivity contribution in [3.63, 3.8) is 0 Å². The van der Waals surface area contributed by atoms with Crippen molar-refractivity contribution in [2.45, 2.75) is 22.8 Å². The Bertz CT molecular complexity index is 887. The third-order valence-electron chi connectivity index (χ3n) is 4.16. The van der Waals surface area contributed by atoms with Gasteiger partial charge in [0.05, 0.1) is 38.3 Å². The Labute approximate surface area is 142 Å². The van der Waals surface area contributed by atoms with E-state index in [2.05, 4.69) is 4.98 Å². The van der Waals surface area contributed by atoms with Crippen molar-refractivity contribution < 1.29 is 9.00 Å². The van der Waals surface area contributed by atoms with Crippen molar-refractivity contribution in [3.05, 3.63) is 67.3 Å². The van der Waals surface area contributed by atoms with Gasteiger partial charge in [-0.25, -0.2) is 9.19 Å². The fourth-order valence-corrected chi connectivity index (χ4v) is 4.24. The Morgan fingerprint density at radius 1 is 1.04 bits per heavy atom. The molecular weight excluding hydrogens is 322 g/mol. The van der Waals surface area contributed by atoms with Crippen LogP contribution in [0.5, 0.6) is 0 Å². The summed E-state index contributed by atoms with van der Waals surface area (Å²) >= 11 is 0. The summed E-state index contributed by atoms with van der Waals surface area (Å²) in [4.78, 5) is 20.2. The minimum Gasteiger partial charge on any atom is -0.325 e. The van der Waals surface area contributed by atoms with Gasteiger partial charge in [0.15, 0.2) is 0 Å². The average Bonchev–Trinajstić information content (AvgIpc) is 3.16. The summed E-state index contributed by atoms with van der Waals surface area (Å²) in [5.74, 6) is -0.0930. The summed E-state index contributed by atoms with van der Waals surface area (Å²) in [6, 6.07) is 14.3. The van der Waals surface area contributed by atoms with E-state index in [0.717, 1.165) is 0 Å². The molecule has 0 N–H and O–H groups in total. The van der Waals surface area contributed by atoms with Crippen molar-refractivity contribution >= 4 is 28.1 Å². The highest BCUT2D eigenvalue weighted by Gasteiger charge is 2.33. The van der Waals surface area contributed by atoms with Gasteiger partial charge in [0.1, 0.15) is 6.04 Å². The van der Waals surface area contributed by atoms with E-state index in [1.807, 2.05) is 55.5 Å². The van der Waals surface area contributed by atoms with Crippen molar-refractivity contribution in [2.75, 3.05) is 4.90 Å². The molecule has 1 aliphatic rings. The normalized spacial score (nSPS) is 14.8. The quantitative estimate of drug-likeness (QED) is 0.721. The van der Waals surface area contributed by atoms with Crippen LogP contribution in [0.15, 0.2) is 77.0 Å². The molecule has 6 heteroatoms. The van der Waals surface area contributed by atoms with Crippen molar-refractivity contribution in [1.82, 2.24) is 9.55 Å². The van der Waals surface area contributed by atoms with Crippen molar-refractivity contribution in [1.29, 1.82) is 0 Å². The molecule has 0 saturated heterocycles. The molecule has 120 valence electrons. The third kappa shape index (κ3) is 2.18. The number of carbonyl (C=O) groups excluding carboxylic acids is 1. The number of para-hydroxylation sites is 2. The van der Waals surface area contributed by atoms with Gasteiger partial charge in [0.25, 0.3) is 5.91 Å². The highest BCUT2D eigenvalue weighted by Crippen LogP contribution is 2.42. The lowest BCUT2D eigenvalue weighted by molar-refractivity contribution is -0.120. The first-order valence-corrected chi connectivity index (χ1v) is 8.74. The standard InChI is InChI=1S/C18H15N3O2S/c1-13(20-11-10-19-12-20)18(22)21-14-6-2-4-8-16(14)24(23)17-9-5-3-7-15(17)21/h2-13H,1H3. The van der Waals surface area contributed by atoms with Gasteiger partial charge in [-0.15, -0.1) is 0 Å². The molecule has 1 aromatic heterocycles. The molecule has 1 amide bonds. The highest BCUT2D eigenvalue weighted by atomic mass is 32.2. The molecule has 2 aromatic carbocycles. The van der Waals surface area contributed by atoms with E-state index in [0.29, 0.717) is 21.2 Å². The maximum Gasteiger partial charge on any atom is 0.254 e. The van der Waals surface area contributed by atoms with E-state index in [1.165, 1.54) is 0 Å². The van der Waals surface area contributed by atoms with Crippen LogP contribution in [0.2, 0.25) is 0 Å². The van der Waals surface area contributed by atoms with Gasteiger partial charge in [-0.1, -0.05) is 24.3 Å². The number of hydrogen-bond acceptors (Lipinski definition) is 3. The Kier molecular flexibility index (Phi) is 3.54. The fraction of sp³-hybridized carbons (Fsp3) is 0.111. The molecule has 0 bridgehead atoms. The number of amides is 1. The van der Waals surface area contributed by atoms with Crippen LogP contribution in [-0.4, -0.2) is 19.7 Å². The summed E-state index contributed by atoms with van der Waals surface area (Å²) in [7, 11) is -1.29. The van der Waals surface area contributed by atoms with Crippen LogP contribution < -0.4 is 4.90 Å². The second kappa shape index (κ2) is 5.72. The van der Waals surface area contributed by atoms with Gasteiger partial charge >= 0.3 is 0 Å². The number of anilines is 2. The summed E-state index contributed by atoms with van der Waals surface area (Å²) in [5, 5.41) is 0. The number of hydrogen-bond donors (Lipinski definition) is 0. The number of benzene rings is 2. The predicted octanol–water partition coefficient (Wildman–Crippen LogP) is 3.29. The second-order valence-corrected chi connectivity index (χ2v) is 6.98. The zero-order chi connectivity index (χ0) is 16.7. The maximum absolute atomic E-state index is 13.2. The molecule has 0 saturated carbocycles. The molecular formula is C18H15N3O2S. The number of carbonyl (C=O) groups is 1. The van der Waals surface area contributed by atoms with Gasteiger partial charge in [-0.3, -0.25) is 9.69 Å². The number of nitrogens with zero attached hydrogens (tertiary/aromatic N) is 3. The lowest BCUT2D eigenvalue weighted by atomic mass is 10.2. The fourth-order valence-electron chi connectivity index (χ4n) is 2.90. The minimum absolute atomic E-state index is 0.0930. The summed E-state index contributed by atoms with van der Waals surface area (Å²) in [6.45, 7) is 1.83. The first-order chi connectivity index (χ1) is 11.7. The van der Waals surface area contributed by atoms with E-state index in [4.69, 9.17) is 0 Å². The zero-order valence-electron chi connectivity index (χ0n) is 13.0. The molecule has 2 heterocycles. The molecule has 0 fully saturated rings. The molecule has 0 radical (unpaired) electrons. The average molecular weight is 337 g/mol. The molecule has 4 rings (SSSR count). The van der Waals surface area contributed by atoms with Crippen LogP contribution in [0.1, 0.15) is 13.0 Å². The smallest absolute Gasteiger partial charge is 0.254 e. The van der Waals surface area contributed by atoms with Crippen LogP contribution in [0.3, 0.4) is 0 Å². The van der Waals surface area contributed by atoms with Crippen LogP contribution in [0.25, 0.3) is 0 Å². The lowest BCUT2D eigenvalue weighted by Gasteiger charge is -2.32. The summed E-state index contributed by atoms with van der Waals surface area (Å²) in [5.41, 5.74) is 1.35. The molecule has 24 heavy (non-hydrogen) atoms. The molecule has 3 aromatic rings. The summed E-state index contributed by atoms with van der Waals surface area (Å²) in [6.07, 6.45) is 5.04. The Balaban J connectivity index is 1.88. The number of rotatable bonds is 2. The van der Waals surface area contributed by atoms with Crippen LogP contribution in [0, 0.1) is 0 Å². The molecule has 1 aliphatic heterocycles. The van der Waals surface area contributed by atoms with Crippen molar-refractivity contribution in [2.24, 2.45) is 0 Å². The molecule has 1 atom stereocenters. The molecule has 1 unspecified atom stereocenters. The predicted molar refractivity (Wildman–Crippen MR) is 91.6 cm³/mol. The second-order valence-electron chi connectivity index (χ2n) is 5.56. The Morgan fingerprint density at radius 3 is 2.17 bits per heavy atom. The number of imidazole rings is 1. The van der Waals surface area contributed by atoms with Crippen LogP contribution in [-0.2, 0) is 15.6 Å². The van der Waals surface area contributed by atoms with Gasteiger partial charge < -0.3 is 4.57 Å². The van der Waals surface area contributed by atoms with Crippen LogP contribution >= 0.6 is 0 Å². The van der Waals surface area contributed by atoms with E-state index in [-0.39, 0.29) is 5.91 Å². The maximum atomic E-state index is 13.2. The first-order valence-electron chi connectivity index (χ1n) is 7.59. The summed E-state index contributed by atoms with van der Waals surface area (Å²) < 4.78 is 14.6.